The van der Waals surface area contributed by atoms with Crippen LogP contribution >= 0.6 is 0 Å². The molecule has 0 heterocycles. The second-order valence-corrected chi connectivity index (χ2v) is 6.17. The van der Waals surface area contributed by atoms with E-state index in [-0.39, 0.29) is 5.91 Å². The van der Waals surface area contributed by atoms with E-state index in [9.17, 15) is 9.00 Å². The Hall–Kier alpha value is -0.420. The summed E-state index contributed by atoms with van der Waals surface area (Å²) in [5, 5.41) is 0. The van der Waals surface area contributed by atoms with Crippen molar-refractivity contribution in [1.82, 2.24) is 4.90 Å². The zero-order valence-corrected chi connectivity index (χ0v) is 10.3. The van der Waals surface area contributed by atoms with Gasteiger partial charge in [0.2, 0.25) is 0 Å². The molecule has 1 atom stereocenters. The molecular weight excluding hydrogens is 200 g/mol. The molecule has 0 N–H and O–H groups in total. The minimum Gasteiger partial charge on any atom is -0.309 e. The van der Waals surface area contributed by atoms with E-state index in [4.69, 9.17) is 0 Å². The van der Waals surface area contributed by atoms with Crippen LogP contribution in [0.1, 0.15) is 19.8 Å². The predicted octanol–water partition coefficient (Wildman–Crippen LogP) is 0.973. The molecule has 0 spiro atoms. The van der Waals surface area contributed by atoms with Crippen molar-refractivity contribution < 1.29 is 9.00 Å². The molecule has 0 fully saturated rings. The van der Waals surface area contributed by atoms with E-state index in [1.54, 1.807) is 13.2 Å². The minimum absolute atomic E-state index is 0.262. The molecule has 84 valence electrons. The van der Waals surface area contributed by atoms with Gasteiger partial charge in [-0.05, 0) is 27.1 Å². The maximum Gasteiger partial charge on any atom is 0.253 e. The molecular formula is C9H20N2O2S. The van der Waals surface area contributed by atoms with Crippen molar-refractivity contribution in [3.8, 4) is 0 Å². The lowest BCUT2D eigenvalue weighted by molar-refractivity contribution is -0.117. The van der Waals surface area contributed by atoms with Crippen molar-refractivity contribution in [3.05, 3.63) is 0 Å². The van der Waals surface area contributed by atoms with E-state index >= 15 is 0 Å². The summed E-state index contributed by atoms with van der Waals surface area (Å²) in [6.07, 6.45) is 2.69. The Bertz CT molecular complexity index is 291. The first kappa shape index (κ1) is 13.6. The van der Waals surface area contributed by atoms with Gasteiger partial charge in [-0.1, -0.05) is 6.92 Å². The van der Waals surface area contributed by atoms with E-state index in [1.165, 1.54) is 0 Å². The average Bonchev–Trinajstić information content (AvgIpc) is 2.02. The number of carbonyl (C=O) groups excluding carboxylic acids is 1. The second-order valence-electron chi connectivity index (χ2n) is 3.66. The Balaban J connectivity index is 4.14. The smallest absolute Gasteiger partial charge is 0.253 e. The van der Waals surface area contributed by atoms with Crippen LogP contribution in [-0.2, 0) is 14.5 Å². The molecule has 0 aromatic carbocycles. The first-order valence-corrected chi connectivity index (χ1v) is 6.84. The van der Waals surface area contributed by atoms with Gasteiger partial charge in [-0.2, -0.15) is 4.36 Å². The molecule has 0 aliphatic rings. The van der Waals surface area contributed by atoms with Crippen molar-refractivity contribution in [2.45, 2.75) is 19.8 Å². The van der Waals surface area contributed by atoms with Crippen LogP contribution < -0.4 is 0 Å². The zero-order chi connectivity index (χ0) is 11.2. The van der Waals surface area contributed by atoms with Gasteiger partial charge in [-0.25, -0.2) is 4.21 Å². The number of rotatable bonds is 5. The molecule has 0 rings (SSSR count). The third-order valence-electron chi connectivity index (χ3n) is 1.73. The fourth-order valence-corrected chi connectivity index (χ4v) is 2.29. The summed E-state index contributed by atoms with van der Waals surface area (Å²) in [4.78, 5) is 13.0. The largest absolute Gasteiger partial charge is 0.309 e. The highest BCUT2D eigenvalue weighted by Crippen LogP contribution is 1.98. The molecule has 0 aromatic rings. The predicted molar refractivity (Wildman–Crippen MR) is 59.8 cm³/mol. The first-order chi connectivity index (χ1) is 6.37. The highest BCUT2D eigenvalue weighted by molar-refractivity contribution is 7.93. The van der Waals surface area contributed by atoms with Gasteiger partial charge in [0.1, 0.15) is 0 Å². The maximum atomic E-state index is 11.7. The summed E-state index contributed by atoms with van der Waals surface area (Å²) in [5.41, 5.74) is 0. The van der Waals surface area contributed by atoms with Crippen molar-refractivity contribution in [1.29, 1.82) is 0 Å². The number of amides is 1. The lowest BCUT2D eigenvalue weighted by atomic mass is 10.5. The SMILES string of the molecule is CCC(=O)N=S(C)(=O)CCCN(C)C. The summed E-state index contributed by atoms with van der Waals surface area (Å²) in [6, 6.07) is 0. The first-order valence-electron chi connectivity index (χ1n) is 4.75. The molecule has 4 nitrogen and oxygen atoms in total. The molecule has 0 saturated heterocycles. The molecule has 0 aromatic heterocycles. The van der Waals surface area contributed by atoms with Crippen LogP contribution in [0.4, 0.5) is 0 Å². The lowest BCUT2D eigenvalue weighted by Gasteiger charge is -2.09. The topological polar surface area (TPSA) is 49.7 Å². The Morgan fingerprint density at radius 2 is 2.00 bits per heavy atom. The van der Waals surface area contributed by atoms with Gasteiger partial charge in [0.05, 0.1) is 9.73 Å². The monoisotopic (exact) mass is 220 g/mol. The average molecular weight is 220 g/mol. The molecule has 0 aliphatic carbocycles. The van der Waals surface area contributed by atoms with E-state index in [0.717, 1.165) is 13.0 Å². The van der Waals surface area contributed by atoms with Crippen LogP contribution in [0.3, 0.4) is 0 Å². The zero-order valence-electron chi connectivity index (χ0n) is 9.45. The Morgan fingerprint density at radius 1 is 1.43 bits per heavy atom. The van der Waals surface area contributed by atoms with Crippen LogP contribution in [0.5, 0.6) is 0 Å². The van der Waals surface area contributed by atoms with Crippen molar-refractivity contribution in [3.63, 3.8) is 0 Å². The number of nitrogens with zero attached hydrogens (tertiary/aromatic N) is 2. The summed E-state index contributed by atoms with van der Waals surface area (Å²) < 4.78 is 15.4. The minimum atomic E-state index is -2.29. The van der Waals surface area contributed by atoms with Gasteiger partial charge < -0.3 is 4.90 Å². The Morgan fingerprint density at radius 3 is 2.43 bits per heavy atom. The number of carbonyl (C=O) groups is 1. The van der Waals surface area contributed by atoms with E-state index in [2.05, 4.69) is 4.36 Å². The van der Waals surface area contributed by atoms with E-state index in [0.29, 0.717) is 12.2 Å². The van der Waals surface area contributed by atoms with Gasteiger partial charge in [0, 0.05) is 18.4 Å². The van der Waals surface area contributed by atoms with E-state index in [1.807, 2.05) is 19.0 Å². The van der Waals surface area contributed by atoms with Gasteiger partial charge in [-0.3, -0.25) is 4.79 Å². The molecule has 0 bridgehead atoms. The lowest BCUT2D eigenvalue weighted by Crippen LogP contribution is -2.17. The fourth-order valence-electron chi connectivity index (χ4n) is 0.974. The molecule has 0 aliphatic heterocycles. The summed E-state index contributed by atoms with van der Waals surface area (Å²) in [5.74, 6) is 0.235. The second kappa shape index (κ2) is 6.14. The van der Waals surface area contributed by atoms with Crippen molar-refractivity contribution in [2.24, 2.45) is 4.36 Å². The van der Waals surface area contributed by atoms with Crippen LogP contribution in [0.25, 0.3) is 0 Å². The van der Waals surface area contributed by atoms with Gasteiger partial charge >= 0.3 is 0 Å². The van der Waals surface area contributed by atoms with Crippen LogP contribution in [0, 0.1) is 0 Å². The molecule has 0 saturated carbocycles. The Kier molecular flexibility index (Phi) is 5.95. The maximum absolute atomic E-state index is 11.7. The quantitative estimate of drug-likeness (QED) is 0.694. The summed E-state index contributed by atoms with van der Waals surface area (Å²) in [7, 11) is 1.64. The fraction of sp³-hybridized carbons (Fsp3) is 0.889. The van der Waals surface area contributed by atoms with Gasteiger partial charge in [-0.15, -0.1) is 0 Å². The third kappa shape index (κ3) is 7.03. The standard InChI is InChI=1S/C9H20N2O2S/c1-5-9(12)10-14(4,13)8-6-7-11(2)3/h5-8H2,1-4H3. The number of hydrogen-bond acceptors (Lipinski definition) is 3. The van der Waals surface area contributed by atoms with Crippen molar-refractivity contribution >= 4 is 15.6 Å². The molecule has 1 amide bonds. The third-order valence-corrected chi connectivity index (χ3v) is 3.36. The normalized spacial score (nSPS) is 15.2. The number of hydrogen-bond donors (Lipinski definition) is 0. The van der Waals surface area contributed by atoms with Crippen LogP contribution in [-0.4, -0.2) is 47.7 Å². The molecule has 1 unspecified atom stereocenters. The highest BCUT2D eigenvalue weighted by Gasteiger charge is 2.04. The molecule has 14 heavy (non-hydrogen) atoms. The van der Waals surface area contributed by atoms with E-state index < -0.39 is 9.73 Å². The summed E-state index contributed by atoms with van der Waals surface area (Å²) >= 11 is 0. The Labute approximate surface area is 86.9 Å². The molecule has 5 heteroatoms. The van der Waals surface area contributed by atoms with Crippen molar-refractivity contribution in [2.75, 3.05) is 32.6 Å². The van der Waals surface area contributed by atoms with Crippen LogP contribution in [0.2, 0.25) is 0 Å². The summed E-state index contributed by atoms with van der Waals surface area (Å²) in [6.45, 7) is 2.60. The highest BCUT2D eigenvalue weighted by atomic mass is 32.2. The van der Waals surface area contributed by atoms with Gasteiger partial charge in [0.25, 0.3) is 5.91 Å². The molecule has 0 radical (unpaired) electrons. The van der Waals surface area contributed by atoms with Gasteiger partial charge in [0.15, 0.2) is 0 Å². The van der Waals surface area contributed by atoms with Crippen LogP contribution in [0.15, 0.2) is 4.36 Å².